The highest BCUT2D eigenvalue weighted by molar-refractivity contribution is 7.92. The monoisotopic (exact) mass is 487 g/mol. The second-order valence-electron chi connectivity index (χ2n) is 8.50. The molecular weight excluding hydrogens is 454 g/mol. The second kappa shape index (κ2) is 11.4. The Morgan fingerprint density at radius 1 is 1.06 bits per heavy atom. The van der Waals surface area contributed by atoms with Crippen molar-refractivity contribution in [1.29, 1.82) is 0 Å². The second-order valence-corrected chi connectivity index (χ2v) is 10.4. The molecule has 1 saturated carbocycles. The van der Waals surface area contributed by atoms with Crippen molar-refractivity contribution in [2.45, 2.75) is 58.0 Å². The maximum atomic E-state index is 13.1. The van der Waals surface area contributed by atoms with Crippen molar-refractivity contribution in [1.82, 2.24) is 5.32 Å². The first kappa shape index (κ1) is 25.6. The van der Waals surface area contributed by atoms with Crippen LogP contribution in [0.15, 0.2) is 48.5 Å². The molecule has 184 valence electrons. The molecule has 1 aliphatic carbocycles. The van der Waals surface area contributed by atoms with Gasteiger partial charge in [0.15, 0.2) is 0 Å². The third-order valence-electron chi connectivity index (χ3n) is 5.86. The molecular formula is C25H33N3O5S. The normalized spacial score (nSPS) is 15.3. The predicted molar refractivity (Wildman–Crippen MR) is 134 cm³/mol. The maximum Gasteiger partial charge on any atom is 0.253 e. The van der Waals surface area contributed by atoms with Gasteiger partial charge < -0.3 is 15.4 Å². The molecule has 0 aromatic heterocycles. The zero-order valence-electron chi connectivity index (χ0n) is 19.9. The topological polar surface area (TPSA) is 105 Å². The lowest BCUT2D eigenvalue weighted by Crippen LogP contribution is -2.45. The molecule has 0 bridgehead atoms. The Labute approximate surface area is 201 Å². The van der Waals surface area contributed by atoms with Crippen LogP contribution in [0.3, 0.4) is 0 Å². The first-order valence-corrected chi connectivity index (χ1v) is 13.5. The summed E-state index contributed by atoms with van der Waals surface area (Å²) in [6, 6.07) is 12.3. The molecule has 8 nitrogen and oxygen atoms in total. The number of sulfonamides is 1. The molecule has 1 unspecified atom stereocenters. The number of ether oxygens (including phenoxy) is 1. The molecule has 0 heterocycles. The Kier molecular flexibility index (Phi) is 8.55. The van der Waals surface area contributed by atoms with Crippen LogP contribution < -0.4 is 19.7 Å². The molecule has 9 heteroatoms. The van der Waals surface area contributed by atoms with Crippen LogP contribution >= 0.6 is 0 Å². The fourth-order valence-electron chi connectivity index (χ4n) is 4.20. The Bertz CT molecular complexity index is 1100. The quantitative estimate of drug-likeness (QED) is 0.557. The highest BCUT2D eigenvalue weighted by atomic mass is 32.2. The van der Waals surface area contributed by atoms with Crippen LogP contribution in [0.5, 0.6) is 5.75 Å². The molecule has 2 aromatic rings. The average Bonchev–Trinajstić information content (AvgIpc) is 2.80. The first-order chi connectivity index (χ1) is 16.2. The number of rotatable bonds is 9. The summed E-state index contributed by atoms with van der Waals surface area (Å²) in [5, 5.41) is 5.81. The molecule has 2 amide bonds. The minimum Gasteiger partial charge on any atom is -0.494 e. The molecule has 1 aliphatic rings. The average molecular weight is 488 g/mol. The van der Waals surface area contributed by atoms with Crippen molar-refractivity contribution < 1.29 is 22.7 Å². The van der Waals surface area contributed by atoms with Crippen molar-refractivity contribution >= 4 is 33.2 Å². The Balaban J connectivity index is 1.78. The molecule has 2 aromatic carbocycles. The Morgan fingerprint density at radius 3 is 2.32 bits per heavy atom. The van der Waals surface area contributed by atoms with Gasteiger partial charge in [0.1, 0.15) is 11.8 Å². The molecule has 0 aliphatic heterocycles. The first-order valence-electron chi connectivity index (χ1n) is 11.6. The zero-order valence-corrected chi connectivity index (χ0v) is 20.7. The van der Waals surface area contributed by atoms with Crippen molar-refractivity contribution in [2.24, 2.45) is 0 Å². The molecule has 0 radical (unpaired) electrons. The van der Waals surface area contributed by atoms with E-state index in [1.54, 1.807) is 48.5 Å². The number of carbonyl (C=O) groups excluding carboxylic acids is 2. The number of anilines is 2. The molecule has 0 spiro atoms. The van der Waals surface area contributed by atoms with Crippen LogP contribution in [0.1, 0.15) is 56.3 Å². The van der Waals surface area contributed by atoms with Crippen LogP contribution in [0, 0.1) is 0 Å². The molecule has 1 atom stereocenters. The zero-order chi connectivity index (χ0) is 24.7. The van der Waals surface area contributed by atoms with E-state index in [9.17, 15) is 18.0 Å². The van der Waals surface area contributed by atoms with Gasteiger partial charge in [-0.15, -0.1) is 0 Å². The lowest BCUT2D eigenvalue weighted by molar-refractivity contribution is -0.116. The van der Waals surface area contributed by atoms with Gasteiger partial charge in [0.05, 0.1) is 29.8 Å². The number of benzene rings is 2. The van der Waals surface area contributed by atoms with Crippen LogP contribution in [-0.4, -0.2) is 45.2 Å². The minimum absolute atomic E-state index is 0.129. The lowest BCUT2D eigenvalue weighted by Gasteiger charge is -2.28. The highest BCUT2D eigenvalue weighted by Gasteiger charge is 2.30. The summed E-state index contributed by atoms with van der Waals surface area (Å²) in [6.07, 6.45) is 6.31. The van der Waals surface area contributed by atoms with Gasteiger partial charge in [0.2, 0.25) is 15.9 Å². The summed E-state index contributed by atoms with van der Waals surface area (Å²) >= 11 is 0. The number of amides is 2. The largest absolute Gasteiger partial charge is 0.494 e. The number of nitrogens with zero attached hydrogens (tertiary/aromatic N) is 1. The SMILES string of the molecule is CCOc1ccc(N(C(C)C(=O)Nc2ccccc2C(=O)NC2CCCCC2)S(C)(=O)=O)cc1. The maximum absolute atomic E-state index is 13.1. The predicted octanol–water partition coefficient (Wildman–Crippen LogP) is 3.94. The molecule has 0 saturated heterocycles. The molecule has 1 fully saturated rings. The van der Waals surface area contributed by atoms with Gasteiger partial charge in [0.25, 0.3) is 5.91 Å². The van der Waals surface area contributed by atoms with E-state index in [1.807, 2.05) is 6.92 Å². The summed E-state index contributed by atoms with van der Waals surface area (Å²) in [5.41, 5.74) is 1.03. The molecule has 34 heavy (non-hydrogen) atoms. The van der Waals surface area contributed by atoms with Gasteiger partial charge in [0, 0.05) is 6.04 Å². The fourth-order valence-corrected chi connectivity index (χ4v) is 5.38. The van der Waals surface area contributed by atoms with Crippen molar-refractivity contribution in [2.75, 3.05) is 22.5 Å². The number of hydrogen-bond acceptors (Lipinski definition) is 5. The van der Waals surface area contributed by atoms with Gasteiger partial charge >= 0.3 is 0 Å². The van der Waals surface area contributed by atoms with Crippen molar-refractivity contribution in [3.05, 3.63) is 54.1 Å². The van der Waals surface area contributed by atoms with Gasteiger partial charge in [-0.3, -0.25) is 13.9 Å². The fraction of sp³-hybridized carbons (Fsp3) is 0.440. The smallest absolute Gasteiger partial charge is 0.253 e. The van der Waals surface area contributed by atoms with Gasteiger partial charge in [-0.1, -0.05) is 31.4 Å². The third kappa shape index (κ3) is 6.50. The standard InChI is InChI=1S/C25H33N3O5S/c1-4-33-21-16-14-20(15-17-21)28(34(3,31)32)18(2)24(29)27-23-13-9-8-12-22(23)25(30)26-19-10-6-5-7-11-19/h8-9,12-19H,4-7,10-11H2,1-3H3,(H,26,30)(H,27,29). The van der Waals surface area contributed by atoms with E-state index in [4.69, 9.17) is 4.74 Å². The van der Waals surface area contributed by atoms with Crippen LogP contribution in [-0.2, 0) is 14.8 Å². The van der Waals surface area contributed by atoms with Gasteiger partial charge in [-0.25, -0.2) is 8.42 Å². The summed E-state index contributed by atoms with van der Waals surface area (Å²) in [5.74, 6) is -0.186. The van der Waals surface area contributed by atoms with E-state index in [0.29, 0.717) is 29.3 Å². The van der Waals surface area contributed by atoms with Crippen molar-refractivity contribution in [3.8, 4) is 5.75 Å². The minimum atomic E-state index is -3.77. The summed E-state index contributed by atoms with van der Waals surface area (Å²) in [4.78, 5) is 26.0. The Hall–Kier alpha value is -3.07. The van der Waals surface area contributed by atoms with E-state index in [-0.39, 0.29) is 11.9 Å². The van der Waals surface area contributed by atoms with Gasteiger partial charge in [-0.05, 0) is 63.1 Å². The van der Waals surface area contributed by atoms with E-state index in [0.717, 1.165) is 36.2 Å². The third-order valence-corrected chi connectivity index (χ3v) is 7.10. The highest BCUT2D eigenvalue weighted by Crippen LogP contribution is 2.25. The van der Waals surface area contributed by atoms with Crippen LogP contribution in [0.4, 0.5) is 11.4 Å². The van der Waals surface area contributed by atoms with Crippen LogP contribution in [0.2, 0.25) is 0 Å². The Morgan fingerprint density at radius 2 is 1.71 bits per heavy atom. The number of hydrogen-bond donors (Lipinski definition) is 2. The van der Waals surface area contributed by atoms with E-state index >= 15 is 0 Å². The number of nitrogens with one attached hydrogen (secondary N) is 2. The van der Waals surface area contributed by atoms with Gasteiger partial charge in [-0.2, -0.15) is 0 Å². The number of para-hydroxylation sites is 1. The molecule has 3 rings (SSSR count). The molecule has 2 N–H and O–H groups in total. The van der Waals surface area contributed by atoms with E-state index in [2.05, 4.69) is 10.6 Å². The van der Waals surface area contributed by atoms with Crippen LogP contribution in [0.25, 0.3) is 0 Å². The number of carbonyl (C=O) groups is 2. The lowest BCUT2D eigenvalue weighted by atomic mass is 9.95. The van der Waals surface area contributed by atoms with Crippen molar-refractivity contribution in [3.63, 3.8) is 0 Å². The summed E-state index contributed by atoms with van der Waals surface area (Å²) < 4.78 is 31.7. The van der Waals surface area contributed by atoms with E-state index in [1.165, 1.54) is 13.3 Å². The summed E-state index contributed by atoms with van der Waals surface area (Å²) in [6.45, 7) is 3.86. The van der Waals surface area contributed by atoms with E-state index < -0.39 is 22.0 Å². The summed E-state index contributed by atoms with van der Waals surface area (Å²) in [7, 11) is -3.77.